The van der Waals surface area contributed by atoms with Crippen LogP contribution >= 0.6 is 11.3 Å². The number of nitrogens with zero attached hydrogens (tertiary/aromatic N) is 1. The third-order valence-electron chi connectivity index (χ3n) is 1.75. The fourth-order valence-electron chi connectivity index (χ4n) is 1.08. The maximum Gasteiger partial charge on any atom is 0.347 e. The van der Waals surface area contributed by atoms with E-state index in [0.29, 0.717) is 10.7 Å². The van der Waals surface area contributed by atoms with Crippen molar-refractivity contribution in [1.82, 2.24) is 10.3 Å². The molecule has 6 nitrogen and oxygen atoms in total. The van der Waals surface area contributed by atoms with Crippen molar-refractivity contribution in [3.8, 4) is 0 Å². The highest BCUT2D eigenvalue weighted by molar-refractivity contribution is 7.13. The second kappa shape index (κ2) is 5.57. The first-order valence-corrected chi connectivity index (χ1v) is 5.31. The Bertz CT molecular complexity index is 402. The van der Waals surface area contributed by atoms with Crippen molar-refractivity contribution in [2.45, 2.75) is 13.5 Å². The van der Waals surface area contributed by atoms with Crippen molar-refractivity contribution in [3.63, 3.8) is 0 Å². The van der Waals surface area contributed by atoms with Crippen LogP contribution in [0.5, 0.6) is 0 Å². The van der Waals surface area contributed by atoms with Gasteiger partial charge < -0.3 is 15.2 Å². The van der Waals surface area contributed by atoms with Crippen LogP contribution in [0, 0.1) is 6.92 Å². The molecule has 88 valence electrons. The Labute approximate surface area is 96.3 Å². The van der Waals surface area contributed by atoms with Crippen molar-refractivity contribution in [2.75, 3.05) is 13.7 Å². The molecule has 0 saturated carbocycles. The molecule has 0 radical (unpaired) electrons. The molecule has 0 aliphatic rings. The molecule has 0 saturated heterocycles. The zero-order chi connectivity index (χ0) is 12.1. The van der Waals surface area contributed by atoms with Crippen molar-refractivity contribution < 1.29 is 19.4 Å². The van der Waals surface area contributed by atoms with Gasteiger partial charge in [0.1, 0.15) is 16.5 Å². The number of carboxylic acid groups (broad SMARTS) is 1. The molecule has 0 atom stereocenters. The summed E-state index contributed by atoms with van der Waals surface area (Å²) in [4.78, 5) is 26.1. The van der Waals surface area contributed by atoms with Gasteiger partial charge >= 0.3 is 5.97 Å². The number of aromatic carboxylic acids is 1. The van der Waals surface area contributed by atoms with Gasteiger partial charge in [0.2, 0.25) is 5.91 Å². The molecule has 1 amide bonds. The number of aryl methyl sites for hydroxylation is 1. The molecule has 0 fully saturated rings. The van der Waals surface area contributed by atoms with E-state index in [2.05, 4.69) is 15.0 Å². The average Bonchev–Trinajstić information content (AvgIpc) is 2.57. The van der Waals surface area contributed by atoms with Gasteiger partial charge in [-0.1, -0.05) is 0 Å². The lowest BCUT2D eigenvalue weighted by Crippen LogP contribution is -2.26. The summed E-state index contributed by atoms with van der Waals surface area (Å²) in [7, 11) is 1.43. The van der Waals surface area contributed by atoms with Crippen LogP contribution in [-0.2, 0) is 16.1 Å². The Kier molecular flexibility index (Phi) is 4.39. The molecule has 7 heteroatoms. The maximum atomic E-state index is 11.1. The Morgan fingerprint density at radius 2 is 2.25 bits per heavy atom. The minimum atomic E-state index is -0.996. The predicted molar refractivity (Wildman–Crippen MR) is 57.5 cm³/mol. The number of carbonyl (C=O) groups is 2. The van der Waals surface area contributed by atoms with Gasteiger partial charge in [-0.25, -0.2) is 9.78 Å². The van der Waals surface area contributed by atoms with Gasteiger partial charge in [0, 0.05) is 7.11 Å². The molecular formula is C9H12N2O4S. The van der Waals surface area contributed by atoms with E-state index in [-0.39, 0.29) is 23.9 Å². The summed E-state index contributed by atoms with van der Waals surface area (Å²) in [6.45, 7) is 1.83. The molecule has 2 N–H and O–H groups in total. The number of thiazole rings is 1. The van der Waals surface area contributed by atoms with Crippen LogP contribution in [0.15, 0.2) is 0 Å². The molecular weight excluding hydrogens is 232 g/mol. The summed E-state index contributed by atoms with van der Waals surface area (Å²) < 4.78 is 4.64. The van der Waals surface area contributed by atoms with Gasteiger partial charge in [-0.05, 0) is 6.92 Å². The summed E-state index contributed by atoms with van der Waals surface area (Å²) in [5.41, 5.74) is 0.466. The van der Waals surface area contributed by atoms with Gasteiger partial charge in [0.15, 0.2) is 0 Å². The molecule has 0 spiro atoms. The highest BCUT2D eigenvalue weighted by Gasteiger charge is 2.14. The lowest BCUT2D eigenvalue weighted by Gasteiger charge is -2.00. The van der Waals surface area contributed by atoms with Crippen LogP contribution < -0.4 is 5.32 Å². The molecule has 0 aromatic carbocycles. The van der Waals surface area contributed by atoms with Gasteiger partial charge in [-0.2, -0.15) is 0 Å². The van der Waals surface area contributed by atoms with Crippen LogP contribution in [0.4, 0.5) is 0 Å². The molecule has 16 heavy (non-hydrogen) atoms. The average molecular weight is 244 g/mol. The number of rotatable bonds is 5. The van der Waals surface area contributed by atoms with Gasteiger partial charge in [-0.3, -0.25) is 4.79 Å². The number of carboxylic acids is 1. The maximum absolute atomic E-state index is 11.1. The highest BCUT2D eigenvalue weighted by atomic mass is 32.1. The van der Waals surface area contributed by atoms with Crippen molar-refractivity contribution >= 4 is 23.2 Å². The third kappa shape index (κ3) is 3.28. The smallest absolute Gasteiger partial charge is 0.347 e. The quantitative estimate of drug-likeness (QED) is 0.783. The van der Waals surface area contributed by atoms with E-state index in [9.17, 15) is 9.59 Å². The Balaban J connectivity index is 2.58. The minimum absolute atomic E-state index is 0.0177. The van der Waals surface area contributed by atoms with Crippen LogP contribution in [0.1, 0.15) is 20.4 Å². The number of nitrogens with one attached hydrogen (secondary N) is 1. The fraction of sp³-hybridized carbons (Fsp3) is 0.444. The number of amides is 1. The van der Waals surface area contributed by atoms with E-state index >= 15 is 0 Å². The highest BCUT2D eigenvalue weighted by Crippen LogP contribution is 2.17. The topological polar surface area (TPSA) is 88.5 Å². The molecule has 0 bridgehead atoms. The number of hydrogen-bond acceptors (Lipinski definition) is 5. The largest absolute Gasteiger partial charge is 0.477 e. The van der Waals surface area contributed by atoms with Crippen molar-refractivity contribution in [3.05, 3.63) is 15.6 Å². The zero-order valence-corrected chi connectivity index (χ0v) is 9.76. The molecule has 0 aliphatic carbocycles. The van der Waals surface area contributed by atoms with Crippen molar-refractivity contribution in [2.24, 2.45) is 0 Å². The molecule has 1 heterocycles. The summed E-state index contributed by atoms with van der Waals surface area (Å²) in [6, 6.07) is 0. The van der Waals surface area contributed by atoms with Crippen LogP contribution in [0.25, 0.3) is 0 Å². The third-order valence-corrected chi connectivity index (χ3v) is 2.89. The second-order valence-corrected chi connectivity index (χ2v) is 4.12. The second-order valence-electron chi connectivity index (χ2n) is 3.04. The van der Waals surface area contributed by atoms with Crippen LogP contribution in [0.2, 0.25) is 0 Å². The van der Waals surface area contributed by atoms with E-state index in [1.54, 1.807) is 6.92 Å². The molecule has 0 unspecified atom stereocenters. The summed E-state index contributed by atoms with van der Waals surface area (Å²) in [5, 5.41) is 11.9. The summed E-state index contributed by atoms with van der Waals surface area (Å²) in [6.07, 6.45) is 0. The lowest BCUT2D eigenvalue weighted by atomic mass is 10.4. The molecule has 1 aromatic rings. The van der Waals surface area contributed by atoms with Gasteiger partial charge in [0.05, 0.1) is 12.2 Å². The number of hydrogen-bond donors (Lipinski definition) is 2. The molecule has 1 rings (SSSR count). The Morgan fingerprint density at radius 1 is 1.56 bits per heavy atom. The van der Waals surface area contributed by atoms with Crippen LogP contribution in [-0.4, -0.2) is 35.7 Å². The normalized spacial score (nSPS) is 10.1. The van der Waals surface area contributed by atoms with Gasteiger partial charge in [0.25, 0.3) is 0 Å². The number of carbonyl (C=O) groups excluding carboxylic acids is 1. The first-order valence-electron chi connectivity index (χ1n) is 4.49. The SMILES string of the molecule is COCC(=O)NCc1nc(C)c(C(=O)O)s1. The van der Waals surface area contributed by atoms with Crippen molar-refractivity contribution in [1.29, 1.82) is 0 Å². The van der Waals surface area contributed by atoms with E-state index < -0.39 is 5.97 Å². The Morgan fingerprint density at radius 3 is 2.75 bits per heavy atom. The lowest BCUT2D eigenvalue weighted by molar-refractivity contribution is -0.124. The standard InChI is InChI=1S/C9H12N2O4S/c1-5-8(9(13)14)16-7(11-5)3-10-6(12)4-15-2/h3-4H2,1-2H3,(H,10,12)(H,13,14). The van der Waals surface area contributed by atoms with Gasteiger partial charge in [-0.15, -0.1) is 11.3 Å². The van der Waals surface area contributed by atoms with E-state index in [1.165, 1.54) is 7.11 Å². The van der Waals surface area contributed by atoms with E-state index in [4.69, 9.17) is 5.11 Å². The van der Waals surface area contributed by atoms with E-state index in [0.717, 1.165) is 11.3 Å². The van der Waals surface area contributed by atoms with E-state index in [1.807, 2.05) is 0 Å². The number of aromatic nitrogens is 1. The fourth-order valence-corrected chi connectivity index (χ4v) is 1.93. The first kappa shape index (κ1) is 12.6. The number of methoxy groups -OCH3 is 1. The summed E-state index contributed by atoms with van der Waals surface area (Å²) >= 11 is 1.06. The monoisotopic (exact) mass is 244 g/mol. The minimum Gasteiger partial charge on any atom is -0.477 e. The van der Waals surface area contributed by atoms with Crippen LogP contribution in [0.3, 0.4) is 0 Å². The Hall–Kier alpha value is -1.47. The first-order chi connectivity index (χ1) is 7.54. The molecule has 0 aliphatic heterocycles. The summed E-state index contributed by atoms with van der Waals surface area (Å²) in [5.74, 6) is -1.25. The zero-order valence-electron chi connectivity index (χ0n) is 8.94. The number of ether oxygens (including phenoxy) is 1. The molecule has 1 aromatic heterocycles. The predicted octanol–water partition coefficient (Wildman–Crippen LogP) is 0.412.